The van der Waals surface area contributed by atoms with Gasteiger partial charge in [-0.2, -0.15) is 0 Å². The SMILES string of the molecule is C=CC(C)(C=Cc1ccc(O)cc1)c1ccc(O)cc1. The van der Waals surface area contributed by atoms with Gasteiger partial charge in [0, 0.05) is 5.41 Å². The van der Waals surface area contributed by atoms with Crippen LogP contribution < -0.4 is 0 Å². The third-order valence-corrected chi connectivity index (χ3v) is 3.43. The Morgan fingerprint density at radius 3 is 1.90 bits per heavy atom. The number of rotatable bonds is 4. The maximum Gasteiger partial charge on any atom is 0.115 e. The van der Waals surface area contributed by atoms with Gasteiger partial charge in [-0.1, -0.05) is 42.5 Å². The van der Waals surface area contributed by atoms with Gasteiger partial charge in [0.25, 0.3) is 0 Å². The molecule has 2 N–H and O–H groups in total. The molecule has 1 unspecified atom stereocenters. The van der Waals surface area contributed by atoms with Gasteiger partial charge in [-0.15, -0.1) is 6.58 Å². The van der Waals surface area contributed by atoms with Gasteiger partial charge in [0.1, 0.15) is 11.5 Å². The van der Waals surface area contributed by atoms with Crippen molar-refractivity contribution in [3.8, 4) is 11.5 Å². The van der Waals surface area contributed by atoms with E-state index in [0.29, 0.717) is 0 Å². The molecule has 0 aliphatic rings. The summed E-state index contributed by atoms with van der Waals surface area (Å²) in [6.45, 7) is 5.96. The van der Waals surface area contributed by atoms with Crippen LogP contribution in [0.2, 0.25) is 0 Å². The average molecular weight is 266 g/mol. The smallest absolute Gasteiger partial charge is 0.115 e. The summed E-state index contributed by atoms with van der Waals surface area (Å²) in [5.74, 6) is 0.509. The topological polar surface area (TPSA) is 40.5 Å². The Hall–Kier alpha value is -2.48. The third-order valence-electron chi connectivity index (χ3n) is 3.43. The monoisotopic (exact) mass is 266 g/mol. The molecule has 0 bridgehead atoms. The highest BCUT2D eigenvalue weighted by Crippen LogP contribution is 2.29. The Morgan fingerprint density at radius 2 is 1.40 bits per heavy atom. The minimum atomic E-state index is -0.314. The highest BCUT2D eigenvalue weighted by atomic mass is 16.3. The van der Waals surface area contributed by atoms with Crippen molar-refractivity contribution in [3.63, 3.8) is 0 Å². The zero-order chi connectivity index (χ0) is 14.6. The van der Waals surface area contributed by atoms with E-state index >= 15 is 0 Å². The van der Waals surface area contributed by atoms with Crippen molar-refractivity contribution in [2.75, 3.05) is 0 Å². The molecule has 2 rings (SSSR count). The van der Waals surface area contributed by atoms with E-state index in [1.807, 2.05) is 36.4 Å². The summed E-state index contributed by atoms with van der Waals surface area (Å²) in [5.41, 5.74) is 1.75. The molecule has 2 aromatic carbocycles. The second kappa shape index (κ2) is 5.66. The van der Waals surface area contributed by atoms with E-state index < -0.39 is 0 Å². The number of aromatic hydroxyl groups is 2. The van der Waals surface area contributed by atoms with E-state index in [1.165, 1.54) is 0 Å². The molecule has 0 radical (unpaired) electrons. The Bertz CT molecular complexity index is 609. The summed E-state index contributed by atoms with van der Waals surface area (Å²) in [4.78, 5) is 0. The first-order valence-corrected chi connectivity index (χ1v) is 6.45. The molecule has 20 heavy (non-hydrogen) atoms. The molecule has 102 valence electrons. The molecule has 0 spiro atoms. The lowest BCUT2D eigenvalue weighted by Gasteiger charge is -2.22. The fraction of sp³-hybridized carbons (Fsp3) is 0.111. The van der Waals surface area contributed by atoms with Gasteiger partial charge in [-0.05, 0) is 42.3 Å². The summed E-state index contributed by atoms with van der Waals surface area (Å²) in [6, 6.07) is 14.1. The Balaban J connectivity index is 2.29. The van der Waals surface area contributed by atoms with Crippen LogP contribution in [0.1, 0.15) is 18.1 Å². The first-order valence-electron chi connectivity index (χ1n) is 6.45. The zero-order valence-corrected chi connectivity index (χ0v) is 11.5. The lowest BCUT2D eigenvalue weighted by atomic mass is 9.82. The molecule has 0 saturated heterocycles. The molecular formula is C18H18O2. The van der Waals surface area contributed by atoms with Gasteiger partial charge in [-0.3, -0.25) is 0 Å². The predicted octanol–water partition coefficient (Wildman–Crippen LogP) is 4.25. The maximum atomic E-state index is 9.36. The van der Waals surface area contributed by atoms with Crippen molar-refractivity contribution in [3.05, 3.63) is 78.4 Å². The minimum absolute atomic E-state index is 0.252. The summed E-state index contributed by atoms with van der Waals surface area (Å²) in [6.07, 6.45) is 5.92. The van der Waals surface area contributed by atoms with Crippen LogP contribution in [0.3, 0.4) is 0 Å². The molecule has 0 saturated carbocycles. The predicted molar refractivity (Wildman–Crippen MR) is 82.8 cm³/mol. The molecule has 0 aliphatic carbocycles. The fourth-order valence-electron chi connectivity index (χ4n) is 1.96. The van der Waals surface area contributed by atoms with Crippen LogP contribution in [0.4, 0.5) is 0 Å². The fourth-order valence-corrected chi connectivity index (χ4v) is 1.96. The van der Waals surface area contributed by atoms with E-state index in [9.17, 15) is 10.2 Å². The molecular weight excluding hydrogens is 248 g/mol. The quantitative estimate of drug-likeness (QED) is 0.812. The number of hydrogen-bond donors (Lipinski definition) is 2. The minimum Gasteiger partial charge on any atom is -0.508 e. The number of phenolic OH excluding ortho intramolecular Hbond substituents is 2. The van der Waals surface area contributed by atoms with E-state index in [4.69, 9.17) is 0 Å². The van der Waals surface area contributed by atoms with Crippen LogP contribution in [0.5, 0.6) is 11.5 Å². The first kappa shape index (κ1) is 13.9. The Kier molecular flexibility index (Phi) is 3.94. The highest BCUT2D eigenvalue weighted by Gasteiger charge is 2.18. The molecule has 0 heterocycles. The van der Waals surface area contributed by atoms with Crippen LogP contribution >= 0.6 is 0 Å². The van der Waals surface area contributed by atoms with Gasteiger partial charge >= 0.3 is 0 Å². The Morgan fingerprint density at radius 1 is 0.900 bits per heavy atom. The number of hydrogen-bond acceptors (Lipinski definition) is 2. The van der Waals surface area contributed by atoms with Crippen molar-refractivity contribution in [2.24, 2.45) is 0 Å². The van der Waals surface area contributed by atoms with E-state index in [0.717, 1.165) is 11.1 Å². The summed E-state index contributed by atoms with van der Waals surface area (Å²) >= 11 is 0. The Labute approximate surface area is 119 Å². The number of phenols is 2. The van der Waals surface area contributed by atoms with Crippen LogP contribution in [0.15, 0.2) is 67.3 Å². The van der Waals surface area contributed by atoms with Crippen LogP contribution in [-0.2, 0) is 5.41 Å². The summed E-state index contributed by atoms with van der Waals surface area (Å²) < 4.78 is 0. The van der Waals surface area contributed by atoms with E-state index in [-0.39, 0.29) is 16.9 Å². The van der Waals surface area contributed by atoms with Crippen LogP contribution in [0.25, 0.3) is 6.08 Å². The second-order valence-electron chi connectivity index (χ2n) is 4.96. The second-order valence-corrected chi connectivity index (χ2v) is 4.96. The van der Waals surface area contributed by atoms with Crippen LogP contribution in [-0.4, -0.2) is 10.2 Å². The van der Waals surface area contributed by atoms with Crippen molar-refractivity contribution >= 4 is 6.08 Å². The lowest BCUT2D eigenvalue weighted by molar-refractivity contribution is 0.474. The molecule has 2 aromatic rings. The molecule has 0 aliphatic heterocycles. The van der Waals surface area contributed by atoms with Gasteiger partial charge < -0.3 is 10.2 Å². The van der Waals surface area contributed by atoms with Crippen molar-refractivity contribution in [2.45, 2.75) is 12.3 Å². The largest absolute Gasteiger partial charge is 0.508 e. The molecule has 0 amide bonds. The van der Waals surface area contributed by atoms with Crippen molar-refractivity contribution in [1.29, 1.82) is 0 Å². The van der Waals surface area contributed by atoms with E-state index in [2.05, 4.69) is 19.6 Å². The third kappa shape index (κ3) is 3.09. The molecule has 2 nitrogen and oxygen atoms in total. The first-order chi connectivity index (χ1) is 9.53. The highest BCUT2D eigenvalue weighted by molar-refractivity contribution is 5.54. The van der Waals surface area contributed by atoms with Gasteiger partial charge in [0.15, 0.2) is 0 Å². The van der Waals surface area contributed by atoms with Gasteiger partial charge in [-0.25, -0.2) is 0 Å². The number of benzene rings is 2. The zero-order valence-electron chi connectivity index (χ0n) is 11.5. The summed E-state index contributed by atoms with van der Waals surface area (Å²) in [7, 11) is 0. The average Bonchev–Trinajstić information content (AvgIpc) is 2.47. The summed E-state index contributed by atoms with van der Waals surface area (Å²) in [5, 5.41) is 18.6. The van der Waals surface area contributed by atoms with Gasteiger partial charge in [0.05, 0.1) is 0 Å². The van der Waals surface area contributed by atoms with Gasteiger partial charge in [0.2, 0.25) is 0 Å². The molecule has 2 heteroatoms. The standard InChI is InChI=1S/C18H18O2/c1-3-18(2,15-6-10-17(20)11-7-15)13-12-14-4-8-16(19)9-5-14/h3-13,19-20H,1H2,2H3. The maximum absolute atomic E-state index is 9.36. The normalized spacial score (nSPS) is 14.1. The number of allylic oxidation sites excluding steroid dienone is 2. The van der Waals surface area contributed by atoms with Crippen molar-refractivity contribution < 1.29 is 10.2 Å². The molecule has 0 fully saturated rings. The van der Waals surface area contributed by atoms with Crippen molar-refractivity contribution in [1.82, 2.24) is 0 Å². The molecule has 0 aromatic heterocycles. The molecule has 1 atom stereocenters. The lowest BCUT2D eigenvalue weighted by Crippen LogP contribution is -2.14. The van der Waals surface area contributed by atoms with Crippen LogP contribution in [0, 0.1) is 0 Å². The van der Waals surface area contributed by atoms with E-state index in [1.54, 1.807) is 24.3 Å².